The van der Waals surface area contributed by atoms with Crippen molar-refractivity contribution in [2.75, 3.05) is 51.6 Å². The van der Waals surface area contributed by atoms with Crippen LogP contribution in [0.15, 0.2) is 59.5 Å². The molecule has 2 aromatic rings. The summed E-state index contributed by atoms with van der Waals surface area (Å²) in [4.78, 5) is 28.6. The molecule has 0 atom stereocenters. The maximum atomic E-state index is 12.6. The third-order valence-corrected chi connectivity index (χ3v) is 7.20. The van der Waals surface area contributed by atoms with Crippen molar-refractivity contribution >= 4 is 39.1 Å². The van der Waals surface area contributed by atoms with Crippen LogP contribution < -0.4 is 5.32 Å². The number of anilines is 1. The van der Waals surface area contributed by atoms with E-state index in [-0.39, 0.29) is 29.8 Å². The molecule has 1 aliphatic rings. The van der Waals surface area contributed by atoms with Gasteiger partial charge in [0.15, 0.2) is 0 Å². The van der Waals surface area contributed by atoms with Crippen molar-refractivity contribution in [2.45, 2.75) is 4.90 Å². The Balaban J connectivity index is 1.47. The van der Waals surface area contributed by atoms with Crippen LogP contribution in [0.4, 0.5) is 5.69 Å². The molecule has 0 unspecified atom stereocenters. The second-order valence-electron chi connectivity index (χ2n) is 7.26. The highest BCUT2D eigenvalue weighted by atomic mass is 35.5. The lowest BCUT2D eigenvalue weighted by molar-refractivity contribution is -0.133. The minimum atomic E-state index is -3.72. The first kappa shape index (κ1) is 23.2. The fourth-order valence-electron chi connectivity index (χ4n) is 3.26. The van der Waals surface area contributed by atoms with Crippen molar-refractivity contribution in [1.82, 2.24) is 14.1 Å². The molecule has 1 fully saturated rings. The number of sulfonamides is 1. The van der Waals surface area contributed by atoms with E-state index >= 15 is 0 Å². The number of hydrogen-bond donors (Lipinski definition) is 1. The zero-order chi connectivity index (χ0) is 22.4. The number of nitrogens with one attached hydrogen (secondary N) is 1. The Morgan fingerprint density at radius 2 is 1.61 bits per heavy atom. The predicted molar refractivity (Wildman–Crippen MR) is 119 cm³/mol. The van der Waals surface area contributed by atoms with Gasteiger partial charge in [0.1, 0.15) is 0 Å². The standard InChI is InChI=1S/C21H25ClN4O4S/c1-24(31(29,30)17-7-3-2-4-8-17)16-21(28)26-13-11-25(12-14-26)15-20(27)23-19-10-6-5-9-18(19)22/h2-10H,11-16H2,1H3,(H,23,27). The van der Waals surface area contributed by atoms with Crippen molar-refractivity contribution in [3.8, 4) is 0 Å². The van der Waals surface area contributed by atoms with E-state index in [0.29, 0.717) is 36.9 Å². The van der Waals surface area contributed by atoms with Crippen LogP contribution in [-0.4, -0.2) is 80.7 Å². The number of amides is 2. The van der Waals surface area contributed by atoms with E-state index in [0.717, 1.165) is 4.31 Å². The van der Waals surface area contributed by atoms with Gasteiger partial charge in [0.05, 0.1) is 28.7 Å². The second kappa shape index (κ2) is 10.2. The molecule has 0 bridgehead atoms. The van der Waals surface area contributed by atoms with Crippen LogP contribution in [-0.2, 0) is 19.6 Å². The molecule has 1 N–H and O–H groups in total. The molecule has 1 saturated heterocycles. The van der Waals surface area contributed by atoms with E-state index < -0.39 is 10.0 Å². The Hall–Kier alpha value is -2.46. The smallest absolute Gasteiger partial charge is 0.243 e. The summed E-state index contributed by atoms with van der Waals surface area (Å²) in [6.45, 7) is 1.86. The van der Waals surface area contributed by atoms with Gasteiger partial charge in [-0.1, -0.05) is 41.9 Å². The number of hydrogen-bond acceptors (Lipinski definition) is 5. The van der Waals surface area contributed by atoms with Crippen molar-refractivity contribution < 1.29 is 18.0 Å². The molecule has 10 heteroatoms. The lowest BCUT2D eigenvalue weighted by atomic mass is 10.3. The Morgan fingerprint density at radius 1 is 1.00 bits per heavy atom. The summed E-state index contributed by atoms with van der Waals surface area (Å²) in [5.41, 5.74) is 0.561. The highest BCUT2D eigenvalue weighted by Crippen LogP contribution is 2.20. The Kier molecular flexibility index (Phi) is 7.66. The largest absolute Gasteiger partial charge is 0.339 e. The van der Waals surface area contributed by atoms with Crippen LogP contribution in [0.3, 0.4) is 0 Å². The highest BCUT2D eigenvalue weighted by molar-refractivity contribution is 7.89. The quantitative estimate of drug-likeness (QED) is 0.674. The van der Waals surface area contributed by atoms with Gasteiger partial charge in [-0.05, 0) is 24.3 Å². The van der Waals surface area contributed by atoms with Gasteiger partial charge >= 0.3 is 0 Å². The van der Waals surface area contributed by atoms with Gasteiger partial charge in [-0.3, -0.25) is 14.5 Å². The van der Waals surface area contributed by atoms with Gasteiger partial charge in [0.2, 0.25) is 21.8 Å². The number of nitrogens with zero attached hydrogens (tertiary/aromatic N) is 3. The molecule has 0 radical (unpaired) electrons. The van der Waals surface area contributed by atoms with Crippen LogP contribution in [0.2, 0.25) is 5.02 Å². The minimum absolute atomic E-state index is 0.152. The Labute approximate surface area is 187 Å². The zero-order valence-electron chi connectivity index (χ0n) is 17.2. The molecule has 3 rings (SSSR count). The summed E-state index contributed by atoms with van der Waals surface area (Å²) in [6, 6.07) is 15.0. The summed E-state index contributed by atoms with van der Waals surface area (Å²) in [6.07, 6.45) is 0. The molecule has 1 heterocycles. The molecule has 2 amide bonds. The van der Waals surface area contributed by atoms with Crippen molar-refractivity contribution in [3.63, 3.8) is 0 Å². The fourth-order valence-corrected chi connectivity index (χ4v) is 4.58. The number of halogens is 1. The van der Waals surface area contributed by atoms with Crippen molar-refractivity contribution in [2.24, 2.45) is 0 Å². The molecule has 0 aromatic heterocycles. The third-order valence-electron chi connectivity index (χ3n) is 5.05. The predicted octanol–water partition coefficient (Wildman–Crippen LogP) is 1.74. The lowest BCUT2D eigenvalue weighted by Gasteiger charge is -2.35. The van der Waals surface area contributed by atoms with Gasteiger partial charge in [-0.15, -0.1) is 0 Å². The average Bonchev–Trinajstić information content (AvgIpc) is 2.76. The molecule has 0 spiro atoms. The number of likely N-dealkylation sites (N-methyl/N-ethyl adjacent to an activating group) is 1. The maximum absolute atomic E-state index is 12.6. The summed E-state index contributed by atoms with van der Waals surface area (Å²) in [5.74, 6) is -0.441. The van der Waals surface area contributed by atoms with Crippen LogP contribution in [0.1, 0.15) is 0 Å². The van der Waals surface area contributed by atoms with Crippen LogP contribution in [0.25, 0.3) is 0 Å². The van der Waals surface area contributed by atoms with E-state index in [2.05, 4.69) is 5.32 Å². The van der Waals surface area contributed by atoms with Crippen LogP contribution in [0, 0.1) is 0 Å². The molecule has 8 nitrogen and oxygen atoms in total. The zero-order valence-corrected chi connectivity index (χ0v) is 18.8. The van der Waals surface area contributed by atoms with Crippen molar-refractivity contribution in [3.05, 3.63) is 59.6 Å². The van der Waals surface area contributed by atoms with Gasteiger partial charge in [-0.2, -0.15) is 4.31 Å². The number of rotatable bonds is 7. The number of para-hydroxylation sites is 1. The first-order valence-electron chi connectivity index (χ1n) is 9.83. The monoisotopic (exact) mass is 464 g/mol. The number of benzene rings is 2. The van der Waals surface area contributed by atoms with E-state index in [9.17, 15) is 18.0 Å². The molecule has 0 aliphatic carbocycles. The van der Waals surface area contributed by atoms with E-state index in [4.69, 9.17) is 11.6 Å². The third kappa shape index (κ3) is 6.04. The first-order valence-corrected chi connectivity index (χ1v) is 11.6. The normalized spacial score (nSPS) is 15.1. The summed E-state index contributed by atoms with van der Waals surface area (Å²) in [5, 5.41) is 3.26. The summed E-state index contributed by atoms with van der Waals surface area (Å²) in [7, 11) is -2.32. The first-order chi connectivity index (χ1) is 14.8. The van der Waals surface area contributed by atoms with E-state index in [1.54, 1.807) is 47.4 Å². The van der Waals surface area contributed by atoms with Crippen LogP contribution >= 0.6 is 11.6 Å². The van der Waals surface area contributed by atoms with Gasteiger partial charge in [0.25, 0.3) is 0 Å². The molecule has 31 heavy (non-hydrogen) atoms. The van der Waals surface area contributed by atoms with Crippen LogP contribution in [0.5, 0.6) is 0 Å². The lowest BCUT2D eigenvalue weighted by Crippen LogP contribution is -2.52. The van der Waals surface area contributed by atoms with E-state index in [1.807, 2.05) is 4.90 Å². The molecule has 166 valence electrons. The minimum Gasteiger partial charge on any atom is -0.339 e. The Bertz CT molecular complexity index is 1020. The Morgan fingerprint density at radius 3 is 2.26 bits per heavy atom. The molecular weight excluding hydrogens is 440 g/mol. The molecular formula is C21H25ClN4O4S. The molecule has 2 aromatic carbocycles. The highest BCUT2D eigenvalue weighted by Gasteiger charge is 2.27. The van der Waals surface area contributed by atoms with Gasteiger partial charge in [0, 0.05) is 33.2 Å². The van der Waals surface area contributed by atoms with Crippen molar-refractivity contribution in [1.29, 1.82) is 0 Å². The molecule has 0 saturated carbocycles. The average molecular weight is 465 g/mol. The number of carbonyl (C=O) groups excluding carboxylic acids is 2. The summed E-state index contributed by atoms with van der Waals surface area (Å²) < 4.78 is 26.2. The second-order valence-corrected chi connectivity index (χ2v) is 9.71. The van der Waals surface area contributed by atoms with E-state index in [1.165, 1.54) is 19.2 Å². The van der Waals surface area contributed by atoms with Gasteiger partial charge in [-0.25, -0.2) is 8.42 Å². The SMILES string of the molecule is CN(CC(=O)N1CCN(CC(=O)Nc2ccccc2Cl)CC1)S(=O)(=O)c1ccccc1. The number of carbonyl (C=O) groups is 2. The maximum Gasteiger partial charge on any atom is 0.243 e. The number of piperazine rings is 1. The fraction of sp³-hybridized carbons (Fsp3) is 0.333. The topological polar surface area (TPSA) is 90.0 Å². The van der Waals surface area contributed by atoms with Gasteiger partial charge < -0.3 is 10.2 Å². The summed E-state index contributed by atoms with van der Waals surface area (Å²) >= 11 is 6.06. The molecule has 1 aliphatic heterocycles.